The van der Waals surface area contributed by atoms with Gasteiger partial charge in [0.05, 0.1) is 22.4 Å². The maximum absolute atomic E-state index is 6.10. The van der Waals surface area contributed by atoms with Crippen molar-refractivity contribution in [2.45, 2.75) is 39.3 Å². The molecule has 0 aliphatic rings. The Morgan fingerprint density at radius 3 is 2.86 bits per heavy atom. The van der Waals surface area contributed by atoms with E-state index < -0.39 is 0 Å². The molecule has 0 aliphatic heterocycles. The van der Waals surface area contributed by atoms with Gasteiger partial charge in [-0.1, -0.05) is 30.7 Å². The molecule has 1 atom stereocenters. The normalized spacial score (nSPS) is 12.6. The van der Waals surface area contributed by atoms with Crippen LogP contribution < -0.4 is 5.32 Å². The highest BCUT2D eigenvalue weighted by Crippen LogP contribution is 2.27. The number of hydrogen-bond donors (Lipinski definition) is 1. The topological polar surface area (TPSA) is 29.9 Å². The maximum atomic E-state index is 6.10. The fourth-order valence-corrected chi connectivity index (χ4v) is 3.24. The van der Waals surface area contributed by atoms with Gasteiger partial charge in [-0.15, -0.1) is 0 Å². The highest BCUT2D eigenvalue weighted by molar-refractivity contribution is 9.10. The van der Waals surface area contributed by atoms with Crippen molar-refractivity contribution >= 4 is 27.5 Å². The van der Waals surface area contributed by atoms with Crippen LogP contribution in [-0.2, 0) is 13.0 Å². The van der Waals surface area contributed by atoms with E-state index in [9.17, 15) is 0 Å². The molecular weight excluding hydrogens is 350 g/mol. The first-order valence-electron chi connectivity index (χ1n) is 7.34. The highest BCUT2D eigenvalue weighted by Gasteiger charge is 2.19. The van der Waals surface area contributed by atoms with Crippen LogP contribution in [0, 0.1) is 0 Å². The molecule has 0 aliphatic carbocycles. The zero-order valence-electron chi connectivity index (χ0n) is 12.4. The lowest BCUT2D eigenvalue weighted by Crippen LogP contribution is -2.27. The van der Waals surface area contributed by atoms with Gasteiger partial charge >= 0.3 is 0 Å². The van der Waals surface area contributed by atoms with E-state index in [4.69, 9.17) is 11.6 Å². The molecule has 1 unspecified atom stereocenters. The molecule has 0 fully saturated rings. The predicted molar refractivity (Wildman–Crippen MR) is 91.8 cm³/mol. The van der Waals surface area contributed by atoms with Gasteiger partial charge in [0, 0.05) is 11.6 Å². The van der Waals surface area contributed by atoms with Crippen LogP contribution in [-0.4, -0.2) is 16.3 Å². The van der Waals surface area contributed by atoms with Crippen molar-refractivity contribution < 1.29 is 0 Å². The van der Waals surface area contributed by atoms with Gasteiger partial charge in [0.2, 0.25) is 0 Å². The van der Waals surface area contributed by atoms with Crippen molar-refractivity contribution in [3.63, 3.8) is 0 Å². The standard InChI is InChI=1S/C16H21BrClN3/c1-3-8-19-15(10-12-6-5-7-13(18)9-12)16-14(17)11-20-21(16)4-2/h5-7,9,11,15,19H,3-4,8,10H2,1-2H3. The summed E-state index contributed by atoms with van der Waals surface area (Å²) in [5, 5.41) is 8.83. The molecule has 1 aromatic heterocycles. The van der Waals surface area contributed by atoms with E-state index in [1.807, 2.05) is 29.1 Å². The van der Waals surface area contributed by atoms with E-state index >= 15 is 0 Å². The van der Waals surface area contributed by atoms with Gasteiger partial charge in [-0.05, 0) is 59.9 Å². The molecule has 2 rings (SSSR count). The van der Waals surface area contributed by atoms with Crippen molar-refractivity contribution in [2.24, 2.45) is 0 Å². The van der Waals surface area contributed by atoms with E-state index in [-0.39, 0.29) is 6.04 Å². The molecule has 0 spiro atoms. The summed E-state index contributed by atoms with van der Waals surface area (Å²) >= 11 is 9.73. The Morgan fingerprint density at radius 1 is 1.38 bits per heavy atom. The molecule has 0 bridgehead atoms. The van der Waals surface area contributed by atoms with Gasteiger partial charge < -0.3 is 5.32 Å². The van der Waals surface area contributed by atoms with Crippen LogP contribution in [0.4, 0.5) is 0 Å². The fraction of sp³-hybridized carbons (Fsp3) is 0.438. The minimum Gasteiger partial charge on any atom is -0.308 e. The average Bonchev–Trinajstić information content (AvgIpc) is 2.84. The third-order valence-electron chi connectivity index (χ3n) is 3.43. The number of nitrogens with one attached hydrogen (secondary N) is 1. The van der Waals surface area contributed by atoms with Crippen LogP contribution in [0.25, 0.3) is 0 Å². The number of aromatic nitrogens is 2. The van der Waals surface area contributed by atoms with Gasteiger partial charge in [0.1, 0.15) is 0 Å². The second kappa shape index (κ2) is 7.97. The second-order valence-corrected chi connectivity index (χ2v) is 6.33. The van der Waals surface area contributed by atoms with Crippen LogP contribution in [0.15, 0.2) is 34.9 Å². The molecular formula is C16H21BrClN3. The molecule has 2 aromatic rings. The summed E-state index contributed by atoms with van der Waals surface area (Å²) in [6.45, 7) is 6.13. The Bertz CT molecular complexity index is 583. The minimum absolute atomic E-state index is 0.222. The first kappa shape index (κ1) is 16.5. The third kappa shape index (κ3) is 4.31. The Labute approximate surface area is 139 Å². The highest BCUT2D eigenvalue weighted by atomic mass is 79.9. The zero-order valence-corrected chi connectivity index (χ0v) is 14.8. The van der Waals surface area contributed by atoms with E-state index in [2.05, 4.69) is 46.3 Å². The van der Waals surface area contributed by atoms with E-state index in [0.717, 1.165) is 35.4 Å². The van der Waals surface area contributed by atoms with Crippen LogP contribution in [0.2, 0.25) is 5.02 Å². The van der Waals surface area contributed by atoms with Crippen LogP contribution >= 0.6 is 27.5 Å². The number of benzene rings is 1. The molecule has 0 saturated heterocycles. The molecule has 1 heterocycles. The SMILES string of the molecule is CCCNC(Cc1cccc(Cl)c1)c1c(Br)cnn1CC. The monoisotopic (exact) mass is 369 g/mol. The molecule has 1 aromatic carbocycles. The summed E-state index contributed by atoms with van der Waals surface area (Å²) in [5.74, 6) is 0. The van der Waals surface area contributed by atoms with Crippen molar-refractivity contribution in [3.05, 3.63) is 51.2 Å². The van der Waals surface area contributed by atoms with E-state index in [1.165, 1.54) is 11.3 Å². The Kier molecular flexibility index (Phi) is 6.27. The third-order valence-corrected chi connectivity index (χ3v) is 4.28. The van der Waals surface area contributed by atoms with Gasteiger partial charge in [-0.25, -0.2) is 0 Å². The zero-order chi connectivity index (χ0) is 15.2. The molecule has 3 nitrogen and oxygen atoms in total. The lowest BCUT2D eigenvalue weighted by Gasteiger charge is -2.20. The maximum Gasteiger partial charge on any atom is 0.0698 e. The number of nitrogens with zero attached hydrogens (tertiary/aromatic N) is 2. The Hall–Kier alpha value is -0.840. The number of hydrogen-bond acceptors (Lipinski definition) is 2. The number of aryl methyl sites for hydroxylation is 1. The minimum atomic E-state index is 0.222. The van der Waals surface area contributed by atoms with Crippen molar-refractivity contribution in [1.82, 2.24) is 15.1 Å². The van der Waals surface area contributed by atoms with Gasteiger partial charge in [0.25, 0.3) is 0 Å². The lowest BCUT2D eigenvalue weighted by molar-refractivity contribution is 0.477. The Morgan fingerprint density at radius 2 is 2.19 bits per heavy atom. The van der Waals surface area contributed by atoms with Crippen LogP contribution in [0.3, 0.4) is 0 Å². The molecule has 1 N–H and O–H groups in total. The first-order chi connectivity index (χ1) is 10.2. The van der Waals surface area contributed by atoms with Gasteiger partial charge in [0.15, 0.2) is 0 Å². The molecule has 0 radical (unpaired) electrons. The van der Waals surface area contributed by atoms with Gasteiger partial charge in [-0.3, -0.25) is 4.68 Å². The summed E-state index contributed by atoms with van der Waals surface area (Å²) in [6, 6.07) is 8.28. The molecule has 5 heteroatoms. The summed E-state index contributed by atoms with van der Waals surface area (Å²) in [6.07, 6.45) is 3.87. The molecule has 0 amide bonds. The first-order valence-corrected chi connectivity index (χ1v) is 8.51. The predicted octanol–water partition coefficient (Wildman–Crippen LogP) is 4.60. The van der Waals surface area contributed by atoms with E-state index in [1.54, 1.807) is 0 Å². The van der Waals surface area contributed by atoms with E-state index in [0.29, 0.717) is 0 Å². The summed E-state index contributed by atoms with van der Waals surface area (Å²) in [4.78, 5) is 0. The summed E-state index contributed by atoms with van der Waals surface area (Å²) in [5.41, 5.74) is 2.43. The van der Waals surface area contributed by atoms with Crippen LogP contribution in [0.1, 0.15) is 37.6 Å². The average molecular weight is 371 g/mol. The molecule has 114 valence electrons. The second-order valence-electron chi connectivity index (χ2n) is 5.03. The number of halogens is 2. The van der Waals surface area contributed by atoms with Crippen molar-refractivity contribution in [1.29, 1.82) is 0 Å². The van der Waals surface area contributed by atoms with Gasteiger partial charge in [-0.2, -0.15) is 5.10 Å². The molecule has 21 heavy (non-hydrogen) atoms. The molecule has 0 saturated carbocycles. The Balaban J connectivity index is 2.27. The smallest absolute Gasteiger partial charge is 0.0698 e. The quantitative estimate of drug-likeness (QED) is 0.772. The largest absolute Gasteiger partial charge is 0.308 e. The summed E-state index contributed by atoms with van der Waals surface area (Å²) in [7, 11) is 0. The summed E-state index contributed by atoms with van der Waals surface area (Å²) < 4.78 is 3.10. The number of rotatable bonds is 7. The van der Waals surface area contributed by atoms with Crippen LogP contribution in [0.5, 0.6) is 0 Å². The fourth-order valence-electron chi connectivity index (χ4n) is 2.45. The van der Waals surface area contributed by atoms with Crippen molar-refractivity contribution in [2.75, 3.05) is 6.54 Å². The van der Waals surface area contributed by atoms with Crippen molar-refractivity contribution in [3.8, 4) is 0 Å². The lowest BCUT2D eigenvalue weighted by atomic mass is 10.0.